The van der Waals surface area contributed by atoms with Crippen LogP contribution in [0, 0.1) is 5.41 Å². The molecule has 0 amide bonds. The van der Waals surface area contributed by atoms with E-state index in [1.54, 1.807) is 0 Å². The Balaban J connectivity index is 3.96. The zero-order valence-electron chi connectivity index (χ0n) is 12.2. The van der Waals surface area contributed by atoms with Crippen LogP contribution in [0.2, 0.25) is 0 Å². The maximum Gasteiger partial charge on any atom is 0.311 e. The first kappa shape index (κ1) is 16.9. The summed E-state index contributed by atoms with van der Waals surface area (Å²) in [5, 5.41) is 8.84. The van der Waals surface area contributed by atoms with Crippen LogP contribution in [0.4, 0.5) is 0 Å². The first-order valence-electron chi connectivity index (χ1n) is 6.36. The van der Waals surface area contributed by atoms with Crippen LogP contribution < -0.4 is 0 Å². The van der Waals surface area contributed by atoms with Crippen LogP contribution in [0.1, 0.15) is 47.5 Å². The predicted octanol–water partition coefficient (Wildman–Crippen LogP) is 3.24. The number of hydrogen-bond donors (Lipinski definition) is 1. The zero-order chi connectivity index (χ0) is 14.2. The number of esters is 1. The Bertz CT molecular complexity index is 319. The summed E-state index contributed by atoms with van der Waals surface area (Å²) >= 11 is 0. The Morgan fingerprint density at radius 1 is 1.17 bits per heavy atom. The van der Waals surface area contributed by atoms with Gasteiger partial charge >= 0.3 is 5.97 Å². The topological polar surface area (TPSA) is 46.5 Å². The SMILES string of the molecule is C/C(=C\CC/C(C)=C/COC(=O)C(C)(C)C)CO. The van der Waals surface area contributed by atoms with Crippen molar-refractivity contribution in [1.29, 1.82) is 0 Å². The van der Waals surface area contributed by atoms with Crippen molar-refractivity contribution in [2.45, 2.75) is 47.5 Å². The zero-order valence-corrected chi connectivity index (χ0v) is 12.2. The molecule has 0 spiro atoms. The predicted molar refractivity (Wildman–Crippen MR) is 74.2 cm³/mol. The summed E-state index contributed by atoms with van der Waals surface area (Å²) in [6.07, 6.45) is 5.79. The van der Waals surface area contributed by atoms with Gasteiger partial charge < -0.3 is 9.84 Å². The van der Waals surface area contributed by atoms with Gasteiger partial charge in [-0.3, -0.25) is 4.79 Å². The van der Waals surface area contributed by atoms with Gasteiger partial charge in [0.05, 0.1) is 12.0 Å². The average molecular weight is 254 g/mol. The van der Waals surface area contributed by atoms with Crippen LogP contribution >= 0.6 is 0 Å². The Morgan fingerprint density at radius 3 is 2.28 bits per heavy atom. The molecule has 1 N–H and O–H groups in total. The summed E-state index contributed by atoms with van der Waals surface area (Å²) < 4.78 is 5.15. The lowest BCUT2D eigenvalue weighted by molar-refractivity contribution is -0.151. The summed E-state index contributed by atoms with van der Waals surface area (Å²) in [6, 6.07) is 0. The Morgan fingerprint density at radius 2 is 1.78 bits per heavy atom. The molecule has 0 radical (unpaired) electrons. The molecule has 0 aliphatic carbocycles. The highest BCUT2D eigenvalue weighted by molar-refractivity contribution is 5.75. The Kier molecular flexibility index (Phi) is 7.60. The van der Waals surface area contributed by atoms with E-state index in [-0.39, 0.29) is 12.6 Å². The average Bonchev–Trinajstić information content (AvgIpc) is 2.27. The third kappa shape index (κ3) is 8.07. The van der Waals surface area contributed by atoms with E-state index >= 15 is 0 Å². The van der Waals surface area contributed by atoms with Gasteiger partial charge in [0, 0.05) is 0 Å². The monoisotopic (exact) mass is 254 g/mol. The van der Waals surface area contributed by atoms with Gasteiger partial charge in [-0.25, -0.2) is 0 Å². The molecule has 0 saturated heterocycles. The van der Waals surface area contributed by atoms with Crippen molar-refractivity contribution in [3.8, 4) is 0 Å². The molecule has 0 atom stereocenters. The van der Waals surface area contributed by atoms with E-state index in [0.717, 1.165) is 18.4 Å². The molecule has 0 heterocycles. The van der Waals surface area contributed by atoms with Crippen molar-refractivity contribution in [1.82, 2.24) is 0 Å². The fourth-order valence-corrected chi connectivity index (χ4v) is 1.19. The minimum Gasteiger partial charge on any atom is -0.461 e. The fraction of sp³-hybridized carbons (Fsp3) is 0.667. The van der Waals surface area contributed by atoms with Crippen molar-refractivity contribution in [3.63, 3.8) is 0 Å². The van der Waals surface area contributed by atoms with E-state index in [4.69, 9.17) is 9.84 Å². The van der Waals surface area contributed by atoms with E-state index in [1.165, 1.54) is 5.57 Å². The summed E-state index contributed by atoms with van der Waals surface area (Å²) in [4.78, 5) is 11.5. The van der Waals surface area contributed by atoms with E-state index < -0.39 is 5.41 Å². The summed E-state index contributed by atoms with van der Waals surface area (Å²) in [6.45, 7) is 9.91. The second kappa shape index (κ2) is 8.09. The molecule has 0 aromatic rings. The fourth-order valence-electron chi connectivity index (χ4n) is 1.19. The number of aliphatic hydroxyl groups excluding tert-OH is 1. The molecule has 18 heavy (non-hydrogen) atoms. The van der Waals surface area contributed by atoms with E-state index in [2.05, 4.69) is 0 Å². The molecule has 0 aromatic heterocycles. The summed E-state index contributed by atoms with van der Waals surface area (Å²) in [7, 11) is 0. The van der Waals surface area contributed by atoms with Crippen molar-refractivity contribution >= 4 is 5.97 Å². The van der Waals surface area contributed by atoms with Gasteiger partial charge in [0.2, 0.25) is 0 Å². The Hall–Kier alpha value is -1.09. The molecule has 3 heteroatoms. The number of hydrogen-bond acceptors (Lipinski definition) is 3. The molecule has 0 bridgehead atoms. The van der Waals surface area contributed by atoms with Crippen LogP contribution in [0.25, 0.3) is 0 Å². The lowest BCUT2D eigenvalue weighted by Gasteiger charge is -2.15. The minimum absolute atomic E-state index is 0.117. The number of rotatable bonds is 6. The van der Waals surface area contributed by atoms with Crippen molar-refractivity contribution in [2.75, 3.05) is 13.2 Å². The summed E-state index contributed by atoms with van der Waals surface area (Å²) in [5.41, 5.74) is 1.74. The molecule has 3 nitrogen and oxygen atoms in total. The van der Waals surface area contributed by atoms with Crippen molar-refractivity contribution in [3.05, 3.63) is 23.3 Å². The number of carbonyl (C=O) groups excluding carboxylic acids is 1. The molecule has 0 unspecified atom stereocenters. The third-order valence-corrected chi connectivity index (χ3v) is 2.54. The van der Waals surface area contributed by atoms with Gasteiger partial charge in [0.15, 0.2) is 0 Å². The highest BCUT2D eigenvalue weighted by Gasteiger charge is 2.22. The standard InChI is InChI=1S/C15H26O3/c1-12(7-6-8-13(2)11-16)9-10-18-14(17)15(3,4)5/h8-9,16H,6-7,10-11H2,1-5H3/b12-9+,13-8+. The molecule has 104 valence electrons. The minimum atomic E-state index is -0.442. The molecular formula is C15H26O3. The molecular weight excluding hydrogens is 228 g/mol. The molecule has 0 fully saturated rings. The maximum absolute atomic E-state index is 11.5. The summed E-state index contributed by atoms with van der Waals surface area (Å²) in [5.74, 6) is -0.178. The van der Waals surface area contributed by atoms with Gasteiger partial charge in [-0.15, -0.1) is 0 Å². The number of ether oxygens (including phenoxy) is 1. The first-order valence-corrected chi connectivity index (χ1v) is 6.36. The van der Waals surface area contributed by atoms with Crippen molar-refractivity contribution < 1.29 is 14.6 Å². The highest BCUT2D eigenvalue weighted by Crippen LogP contribution is 2.15. The van der Waals surface area contributed by atoms with E-state index in [0.29, 0.717) is 6.61 Å². The second-order valence-electron chi connectivity index (χ2n) is 5.65. The van der Waals surface area contributed by atoms with Crippen LogP contribution in [0.3, 0.4) is 0 Å². The largest absolute Gasteiger partial charge is 0.461 e. The van der Waals surface area contributed by atoms with Crippen LogP contribution in [0.5, 0.6) is 0 Å². The Labute approximate surface area is 111 Å². The van der Waals surface area contributed by atoms with Gasteiger partial charge in [0.1, 0.15) is 6.61 Å². The van der Waals surface area contributed by atoms with Gasteiger partial charge in [0.25, 0.3) is 0 Å². The quantitative estimate of drug-likeness (QED) is 0.584. The molecule has 0 aliphatic rings. The first-order chi connectivity index (χ1) is 8.27. The maximum atomic E-state index is 11.5. The van der Waals surface area contributed by atoms with Crippen molar-refractivity contribution in [2.24, 2.45) is 5.41 Å². The number of allylic oxidation sites excluding steroid dienone is 2. The second-order valence-corrected chi connectivity index (χ2v) is 5.65. The van der Waals surface area contributed by atoms with E-state index in [9.17, 15) is 4.79 Å². The molecule has 0 aromatic carbocycles. The van der Waals surface area contributed by atoms with E-state index in [1.807, 2.05) is 46.8 Å². The lowest BCUT2D eigenvalue weighted by atomic mass is 9.97. The molecule has 0 aliphatic heterocycles. The normalized spacial score (nSPS) is 13.7. The number of carbonyl (C=O) groups is 1. The van der Waals surface area contributed by atoms with Crippen LogP contribution in [0.15, 0.2) is 23.3 Å². The lowest BCUT2D eigenvalue weighted by Crippen LogP contribution is -2.22. The highest BCUT2D eigenvalue weighted by atomic mass is 16.5. The smallest absolute Gasteiger partial charge is 0.311 e. The molecule has 0 saturated carbocycles. The van der Waals surface area contributed by atoms with Crippen LogP contribution in [-0.4, -0.2) is 24.3 Å². The van der Waals surface area contributed by atoms with Gasteiger partial charge in [-0.05, 0) is 53.5 Å². The van der Waals surface area contributed by atoms with Crippen LogP contribution in [-0.2, 0) is 9.53 Å². The number of aliphatic hydroxyl groups is 1. The van der Waals surface area contributed by atoms with Gasteiger partial charge in [-0.1, -0.05) is 17.2 Å². The third-order valence-electron chi connectivity index (χ3n) is 2.54. The van der Waals surface area contributed by atoms with Gasteiger partial charge in [-0.2, -0.15) is 0 Å². The molecule has 0 rings (SSSR count).